The van der Waals surface area contributed by atoms with Crippen LogP contribution in [-0.2, 0) is 0 Å². The molecule has 1 N–H and O–H groups in total. The first-order valence-corrected chi connectivity index (χ1v) is 10.6. The number of benzene rings is 1. The van der Waals surface area contributed by atoms with E-state index in [4.69, 9.17) is 4.98 Å². The summed E-state index contributed by atoms with van der Waals surface area (Å²) in [6, 6.07) is 6.84. The molecular weight excluding hydrogens is 363 g/mol. The van der Waals surface area contributed by atoms with Gasteiger partial charge in [0.1, 0.15) is 5.82 Å². The molecule has 1 saturated carbocycles. The summed E-state index contributed by atoms with van der Waals surface area (Å²) in [4.78, 5) is 21.3. The van der Waals surface area contributed by atoms with Crippen LogP contribution in [0.15, 0.2) is 29.6 Å². The molecule has 1 aromatic heterocycles. The van der Waals surface area contributed by atoms with Crippen LogP contribution in [0.4, 0.5) is 14.3 Å². The molecule has 27 heavy (non-hydrogen) atoms. The molecule has 2 fully saturated rings. The van der Waals surface area contributed by atoms with Crippen molar-refractivity contribution in [1.29, 1.82) is 0 Å². The van der Waals surface area contributed by atoms with Crippen molar-refractivity contribution in [1.82, 2.24) is 15.2 Å². The molecule has 2 amide bonds. The fourth-order valence-corrected chi connectivity index (χ4v) is 4.66. The molecule has 1 aliphatic heterocycles. The second-order valence-corrected chi connectivity index (χ2v) is 8.12. The molecule has 1 aliphatic carbocycles. The molecule has 7 heteroatoms. The lowest BCUT2D eigenvalue weighted by atomic mass is 9.96. The van der Waals surface area contributed by atoms with E-state index < -0.39 is 0 Å². The standard InChI is InChI=1S/C20H25FN4OS/c21-16-8-6-15(7-9-16)18-14-27-20(23-18)25-12-10-24(11-13-25)19(26)22-17-4-2-1-3-5-17/h6-9,14,17H,1-5,10-13H2,(H,22,26). The van der Waals surface area contributed by atoms with Gasteiger partial charge in [0.15, 0.2) is 5.13 Å². The van der Waals surface area contributed by atoms with Crippen LogP contribution in [0.3, 0.4) is 0 Å². The number of aromatic nitrogens is 1. The normalized spacial score (nSPS) is 18.6. The van der Waals surface area contributed by atoms with Crippen molar-refractivity contribution < 1.29 is 9.18 Å². The van der Waals surface area contributed by atoms with Crippen LogP contribution in [0.1, 0.15) is 32.1 Å². The van der Waals surface area contributed by atoms with Crippen LogP contribution in [0, 0.1) is 5.82 Å². The number of carbonyl (C=O) groups is 1. The van der Waals surface area contributed by atoms with Crippen LogP contribution < -0.4 is 10.2 Å². The number of hydrogen-bond acceptors (Lipinski definition) is 4. The second-order valence-electron chi connectivity index (χ2n) is 7.28. The molecule has 144 valence electrons. The van der Waals surface area contributed by atoms with Gasteiger partial charge in [0.25, 0.3) is 0 Å². The van der Waals surface area contributed by atoms with Gasteiger partial charge in [-0.1, -0.05) is 19.3 Å². The van der Waals surface area contributed by atoms with Crippen molar-refractivity contribution in [2.45, 2.75) is 38.1 Å². The predicted molar refractivity (Wildman–Crippen MR) is 107 cm³/mol. The zero-order valence-electron chi connectivity index (χ0n) is 15.4. The Morgan fingerprint density at radius 2 is 1.78 bits per heavy atom. The molecular formula is C20H25FN4OS. The summed E-state index contributed by atoms with van der Waals surface area (Å²) in [6.45, 7) is 3.00. The van der Waals surface area contributed by atoms with Crippen LogP contribution >= 0.6 is 11.3 Å². The lowest BCUT2D eigenvalue weighted by molar-refractivity contribution is 0.186. The molecule has 0 bridgehead atoms. The smallest absolute Gasteiger partial charge is 0.317 e. The molecule has 1 aromatic carbocycles. The maximum Gasteiger partial charge on any atom is 0.317 e. The Bertz CT molecular complexity index is 765. The number of piperazine rings is 1. The summed E-state index contributed by atoms with van der Waals surface area (Å²) in [5.74, 6) is -0.239. The third kappa shape index (κ3) is 4.40. The maximum atomic E-state index is 13.1. The number of anilines is 1. The Balaban J connectivity index is 1.31. The Morgan fingerprint density at radius 3 is 2.48 bits per heavy atom. The second kappa shape index (κ2) is 8.25. The highest BCUT2D eigenvalue weighted by Crippen LogP contribution is 2.28. The molecule has 1 saturated heterocycles. The van der Waals surface area contributed by atoms with Gasteiger partial charge < -0.3 is 15.1 Å². The number of urea groups is 1. The first-order valence-electron chi connectivity index (χ1n) is 9.71. The van der Waals surface area contributed by atoms with Gasteiger partial charge in [0.05, 0.1) is 5.69 Å². The van der Waals surface area contributed by atoms with Gasteiger partial charge in [-0.25, -0.2) is 14.2 Å². The van der Waals surface area contributed by atoms with Crippen LogP contribution in [0.25, 0.3) is 11.3 Å². The minimum atomic E-state index is -0.239. The summed E-state index contributed by atoms with van der Waals surface area (Å²) in [7, 11) is 0. The molecule has 2 aliphatic rings. The van der Waals surface area contributed by atoms with Gasteiger partial charge in [-0.15, -0.1) is 11.3 Å². The van der Waals surface area contributed by atoms with Crippen molar-refractivity contribution >= 4 is 22.5 Å². The fraction of sp³-hybridized carbons (Fsp3) is 0.500. The van der Waals surface area contributed by atoms with E-state index in [9.17, 15) is 9.18 Å². The number of nitrogens with zero attached hydrogens (tertiary/aromatic N) is 3. The summed E-state index contributed by atoms with van der Waals surface area (Å²) < 4.78 is 13.1. The number of halogens is 1. The predicted octanol–water partition coefficient (Wildman–Crippen LogP) is 4.11. The summed E-state index contributed by atoms with van der Waals surface area (Å²) in [5.41, 5.74) is 1.79. The number of hydrogen-bond donors (Lipinski definition) is 1. The Hall–Kier alpha value is -2.15. The van der Waals surface area contributed by atoms with Crippen molar-refractivity contribution in [3.63, 3.8) is 0 Å². The van der Waals surface area contributed by atoms with E-state index in [1.165, 1.54) is 31.4 Å². The highest BCUT2D eigenvalue weighted by atomic mass is 32.1. The van der Waals surface area contributed by atoms with Gasteiger partial charge in [-0.3, -0.25) is 0 Å². The third-order valence-electron chi connectivity index (χ3n) is 5.40. The highest BCUT2D eigenvalue weighted by Gasteiger charge is 2.25. The lowest BCUT2D eigenvalue weighted by Crippen LogP contribution is -2.53. The number of rotatable bonds is 3. The van der Waals surface area contributed by atoms with E-state index in [-0.39, 0.29) is 11.8 Å². The average Bonchev–Trinajstić information content (AvgIpc) is 3.20. The van der Waals surface area contributed by atoms with Crippen molar-refractivity contribution in [2.75, 3.05) is 31.1 Å². The summed E-state index contributed by atoms with van der Waals surface area (Å²) in [5, 5.41) is 6.16. The van der Waals surface area contributed by atoms with Crippen LogP contribution in [0.5, 0.6) is 0 Å². The van der Waals surface area contributed by atoms with Gasteiger partial charge in [-0.05, 0) is 37.1 Å². The monoisotopic (exact) mass is 388 g/mol. The van der Waals surface area contributed by atoms with E-state index in [2.05, 4.69) is 10.2 Å². The molecule has 5 nitrogen and oxygen atoms in total. The molecule has 0 atom stereocenters. The molecule has 0 unspecified atom stereocenters. The molecule has 0 spiro atoms. The quantitative estimate of drug-likeness (QED) is 0.861. The Kier molecular flexibility index (Phi) is 5.57. The minimum absolute atomic E-state index is 0.0766. The van der Waals surface area contributed by atoms with E-state index >= 15 is 0 Å². The Labute approximate surface area is 163 Å². The summed E-state index contributed by atoms with van der Waals surface area (Å²) >= 11 is 1.60. The highest BCUT2D eigenvalue weighted by molar-refractivity contribution is 7.14. The van der Waals surface area contributed by atoms with Crippen LogP contribution in [-0.4, -0.2) is 48.1 Å². The average molecular weight is 389 g/mol. The summed E-state index contributed by atoms with van der Waals surface area (Å²) in [6.07, 6.45) is 5.95. The molecule has 0 radical (unpaired) electrons. The van der Waals surface area contributed by atoms with Gasteiger partial charge in [0, 0.05) is 43.2 Å². The van der Waals surface area contributed by atoms with Crippen molar-refractivity contribution in [2.24, 2.45) is 0 Å². The SMILES string of the molecule is O=C(NC1CCCCC1)N1CCN(c2nc(-c3ccc(F)cc3)cs2)CC1. The van der Waals surface area contributed by atoms with E-state index in [0.29, 0.717) is 19.1 Å². The molecule has 4 rings (SSSR count). The van der Waals surface area contributed by atoms with Gasteiger partial charge >= 0.3 is 6.03 Å². The zero-order valence-corrected chi connectivity index (χ0v) is 16.2. The first-order chi connectivity index (χ1) is 13.2. The lowest BCUT2D eigenvalue weighted by Gasteiger charge is -2.35. The van der Waals surface area contributed by atoms with E-state index in [1.807, 2.05) is 10.3 Å². The topological polar surface area (TPSA) is 48.5 Å². The largest absolute Gasteiger partial charge is 0.345 e. The molecule has 2 aromatic rings. The fourth-order valence-electron chi connectivity index (χ4n) is 3.78. The molecule has 2 heterocycles. The van der Waals surface area contributed by atoms with Gasteiger partial charge in [0.2, 0.25) is 0 Å². The van der Waals surface area contributed by atoms with Crippen molar-refractivity contribution in [3.8, 4) is 11.3 Å². The van der Waals surface area contributed by atoms with Gasteiger partial charge in [-0.2, -0.15) is 0 Å². The number of thiazole rings is 1. The Morgan fingerprint density at radius 1 is 1.07 bits per heavy atom. The first kappa shape index (κ1) is 18.2. The van der Waals surface area contributed by atoms with Crippen LogP contribution in [0.2, 0.25) is 0 Å². The zero-order chi connectivity index (χ0) is 18.6. The van der Waals surface area contributed by atoms with E-state index in [1.54, 1.807) is 23.5 Å². The number of nitrogens with one attached hydrogen (secondary N) is 1. The maximum absolute atomic E-state index is 13.1. The third-order valence-corrected chi connectivity index (χ3v) is 6.30. The number of carbonyl (C=O) groups excluding carboxylic acids is 1. The minimum Gasteiger partial charge on any atom is -0.345 e. The number of amides is 2. The van der Waals surface area contributed by atoms with E-state index in [0.717, 1.165) is 42.3 Å². The van der Waals surface area contributed by atoms with Crippen molar-refractivity contribution in [3.05, 3.63) is 35.5 Å².